The van der Waals surface area contributed by atoms with Crippen LogP contribution < -0.4 is 0 Å². The minimum Gasteiger partial charge on any atom is -0.465 e. The number of hydrogen-bond donors (Lipinski definition) is 0. The van der Waals surface area contributed by atoms with E-state index in [0.717, 1.165) is 17.7 Å². The summed E-state index contributed by atoms with van der Waals surface area (Å²) in [7, 11) is 0. The van der Waals surface area contributed by atoms with Crippen LogP contribution in [0.1, 0.15) is 60.8 Å². The lowest BCUT2D eigenvalue weighted by molar-refractivity contribution is -0.148. The predicted octanol–water partition coefficient (Wildman–Crippen LogP) is 4.99. The summed E-state index contributed by atoms with van der Waals surface area (Å²) < 4.78 is 10.8. The Bertz CT molecular complexity index is 589. The number of carbonyl (C=O) groups is 2. The van der Waals surface area contributed by atoms with E-state index in [1.165, 1.54) is 0 Å². The Labute approximate surface area is 157 Å². The van der Waals surface area contributed by atoms with E-state index in [4.69, 9.17) is 9.47 Å². The lowest BCUT2D eigenvalue weighted by Gasteiger charge is -2.42. The van der Waals surface area contributed by atoms with E-state index < -0.39 is 12.0 Å². The molecule has 1 amide bonds. The Morgan fingerprint density at radius 3 is 2.35 bits per heavy atom. The Morgan fingerprint density at radius 2 is 1.88 bits per heavy atom. The molecule has 2 atom stereocenters. The highest BCUT2D eigenvalue weighted by molar-refractivity contribution is 5.82. The molecule has 0 aromatic heterocycles. The van der Waals surface area contributed by atoms with Crippen molar-refractivity contribution in [1.82, 2.24) is 4.90 Å². The van der Waals surface area contributed by atoms with Gasteiger partial charge in [0.2, 0.25) is 0 Å². The second-order valence-corrected chi connectivity index (χ2v) is 6.56. The van der Waals surface area contributed by atoms with Gasteiger partial charge in [0.15, 0.2) is 0 Å². The summed E-state index contributed by atoms with van der Waals surface area (Å²) in [6.45, 7) is 15.9. The standard InChI is InChI=1S/C21H33NO4/c1-8-12-13-16-15(7)19(20(23)25-11-4)18(10-3)22(17(16)9-2)21(24)26-14(5)6/h12-14,18-19H,7-11H2,1-6H3/b13-12-. The van der Waals surface area contributed by atoms with Crippen LogP contribution in [0.15, 0.2) is 35.6 Å². The van der Waals surface area contributed by atoms with Gasteiger partial charge in [-0.1, -0.05) is 39.5 Å². The van der Waals surface area contributed by atoms with Gasteiger partial charge in [0.25, 0.3) is 0 Å². The molecule has 26 heavy (non-hydrogen) atoms. The van der Waals surface area contributed by atoms with Gasteiger partial charge in [-0.2, -0.15) is 0 Å². The molecule has 0 N–H and O–H groups in total. The molecule has 0 aromatic rings. The first-order valence-electron chi connectivity index (χ1n) is 9.59. The molecule has 1 aliphatic rings. The molecule has 5 nitrogen and oxygen atoms in total. The summed E-state index contributed by atoms with van der Waals surface area (Å²) in [5.74, 6) is -0.935. The Morgan fingerprint density at radius 1 is 1.23 bits per heavy atom. The average Bonchev–Trinajstić information content (AvgIpc) is 2.58. The van der Waals surface area contributed by atoms with Crippen LogP contribution in [0.2, 0.25) is 0 Å². The highest BCUT2D eigenvalue weighted by atomic mass is 16.6. The SMILES string of the molecule is C=C1C(/C=C\CC)=C(CC)N(C(=O)OC(C)C)C(CC)C1C(=O)OCC. The van der Waals surface area contributed by atoms with Crippen LogP contribution in [0.4, 0.5) is 4.79 Å². The van der Waals surface area contributed by atoms with Crippen LogP contribution in [0.5, 0.6) is 0 Å². The van der Waals surface area contributed by atoms with Crippen molar-refractivity contribution < 1.29 is 19.1 Å². The highest BCUT2D eigenvalue weighted by Crippen LogP contribution is 2.39. The first-order valence-corrected chi connectivity index (χ1v) is 9.59. The maximum Gasteiger partial charge on any atom is 0.414 e. The van der Waals surface area contributed by atoms with Crippen LogP contribution in [0, 0.1) is 5.92 Å². The Hall–Kier alpha value is -2.04. The lowest BCUT2D eigenvalue weighted by Crippen LogP contribution is -2.51. The van der Waals surface area contributed by atoms with Crippen molar-refractivity contribution in [3.05, 3.63) is 35.6 Å². The van der Waals surface area contributed by atoms with Crippen LogP contribution in [0.25, 0.3) is 0 Å². The van der Waals surface area contributed by atoms with E-state index in [1.54, 1.807) is 11.8 Å². The van der Waals surface area contributed by atoms with Gasteiger partial charge in [0.1, 0.15) is 5.92 Å². The van der Waals surface area contributed by atoms with E-state index in [1.807, 2.05) is 46.8 Å². The molecular formula is C21H33NO4. The molecule has 1 aliphatic heterocycles. The van der Waals surface area contributed by atoms with Crippen LogP contribution in [-0.2, 0) is 14.3 Å². The number of amides is 1. The third kappa shape index (κ3) is 4.77. The van der Waals surface area contributed by atoms with Crippen LogP contribution in [0.3, 0.4) is 0 Å². The van der Waals surface area contributed by atoms with Crippen molar-refractivity contribution >= 4 is 12.1 Å². The van der Waals surface area contributed by atoms with Crippen molar-refractivity contribution in [3.8, 4) is 0 Å². The fraction of sp³-hybridized carbons (Fsp3) is 0.619. The van der Waals surface area contributed by atoms with E-state index in [9.17, 15) is 9.59 Å². The predicted molar refractivity (Wildman–Crippen MR) is 104 cm³/mol. The molecule has 1 rings (SSSR count). The molecule has 0 bridgehead atoms. The van der Waals surface area contributed by atoms with E-state index in [-0.39, 0.29) is 18.1 Å². The highest BCUT2D eigenvalue weighted by Gasteiger charge is 2.44. The fourth-order valence-corrected chi connectivity index (χ4v) is 3.32. The van der Waals surface area contributed by atoms with E-state index >= 15 is 0 Å². The van der Waals surface area contributed by atoms with Gasteiger partial charge < -0.3 is 9.47 Å². The molecule has 1 heterocycles. The van der Waals surface area contributed by atoms with Gasteiger partial charge >= 0.3 is 12.1 Å². The van der Waals surface area contributed by atoms with Crippen molar-refractivity contribution in [1.29, 1.82) is 0 Å². The number of allylic oxidation sites excluding steroid dienone is 4. The van der Waals surface area contributed by atoms with Gasteiger partial charge in [0, 0.05) is 5.70 Å². The molecule has 0 fully saturated rings. The molecule has 146 valence electrons. The largest absolute Gasteiger partial charge is 0.465 e. The summed E-state index contributed by atoms with van der Waals surface area (Å²) >= 11 is 0. The summed E-state index contributed by atoms with van der Waals surface area (Å²) in [6, 6.07) is -0.360. The number of hydrogen-bond acceptors (Lipinski definition) is 4. The number of ether oxygens (including phenoxy) is 2. The molecule has 0 spiro atoms. The number of carbonyl (C=O) groups excluding carboxylic acids is 2. The van der Waals surface area contributed by atoms with E-state index in [0.29, 0.717) is 25.0 Å². The summed E-state index contributed by atoms with van der Waals surface area (Å²) in [6.07, 6.45) is 5.40. The third-order valence-corrected chi connectivity index (χ3v) is 4.39. The van der Waals surface area contributed by atoms with Gasteiger partial charge in [-0.3, -0.25) is 9.69 Å². The zero-order valence-electron chi connectivity index (χ0n) is 17.0. The Kier molecular flexibility index (Phi) is 8.62. The smallest absolute Gasteiger partial charge is 0.414 e. The zero-order chi connectivity index (χ0) is 19.9. The summed E-state index contributed by atoms with van der Waals surface area (Å²) in [5, 5.41) is 0. The van der Waals surface area contributed by atoms with Crippen LogP contribution >= 0.6 is 0 Å². The topological polar surface area (TPSA) is 55.8 Å². The molecule has 0 aliphatic carbocycles. The number of nitrogens with zero attached hydrogens (tertiary/aromatic N) is 1. The third-order valence-electron chi connectivity index (χ3n) is 4.39. The van der Waals surface area contributed by atoms with Gasteiger partial charge in [-0.05, 0) is 51.2 Å². The van der Waals surface area contributed by atoms with E-state index in [2.05, 4.69) is 6.58 Å². The van der Waals surface area contributed by atoms with Gasteiger partial charge in [0.05, 0.1) is 18.8 Å². The number of rotatable bonds is 7. The molecule has 0 radical (unpaired) electrons. The molecule has 5 heteroatoms. The second-order valence-electron chi connectivity index (χ2n) is 6.56. The minimum absolute atomic E-state index is 0.237. The normalized spacial score (nSPS) is 20.9. The van der Waals surface area contributed by atoms with Gasteiger partial charge in [-0.15, -0.1) is 0 Å². The minimum atomic E-state index is -0.591. The monoisotopic (exact) mass is 363 g/mol. The molecule has 0 saturated heterocycles. The first-order chi connectivity index (χ1) is 12.3. The maximum absolute atomic E-state index is 12.9. The lowest BCUT2D eigenvalue weighted by atomic mass is 9.80. The van der Waals surface area contributed by atoms with Crippen molar-refractivity contribution in [2.75, 3.05) is 6.61 Å². The number of esters is 1. The molecule has 0 aromatic carbocycles. The molecule has 0 saturated carbocycles. The summed E-state index contributed by atoms with van der Waals surface area (Å²) in [4.78, 5) is 27.2. The maximum atomic E-state index is 12.9. The zero-order valence-corrected chi connectivity index (χ0v) is 17.0. The van der Waals surface area contributed by atoms with Crippen LogP contribution in [-0.4, -0.2) is 35.7 Å². The second kappa shape index (κ2) is 10.2. The van der Waals surface area contributed by atoms with Gasteiger partial charge in [-0.25, -0.2) is 4.79 Å². The quantitative estimate of drug-likeness (QED) is 0.598. The first kappa shape index (κ1) is 22.0. The summed E-state index contributed by atoms with van der Waals surface area (Å²) in [5.41, 5.74) is 2.39. The molecule has 2 unspecified atom stereocenters. The van der Waals surface area contributed by atoms with Crippen molar-refractivity contribution in [2.45, 2.75) is 73.0 Å². The average molecular weight is 363 g/mol. The van der Waals surface area contributed by atoms with Crippen molar-refractivity contribution in [2.24, 2.45) is 5.92 Å². The van der Waals surface area contributed by atoms with Crippen molar-refractivity contribution in [3.63, 3.8) is 0 Å². The fourth-order valence-electron chi connectivity index (χ4n) is 3.32. The Balaban J connectivity index is 3.54. The molecular weight excluding hydrogens is 330 g/mol.